The SMILES string of the molecule is CN(Cc1nccn1C)CC1CC(C(C)(C)C)CCC1O. The van der Waals surface area contributed by atoms with Gasteiger partial charge in [0.2, 0.25) is 0 Å². The maximum Gasteiger partial charge on any atom is 0.122 e. The molecule has 1 N–H and O–H groups in total. The summed E-state index contributed by atoms with van der Waals surface area (Å²) < 4.78 is 2.06. The van der Waals surface area contributed by atoms with Crippen LogP contribution in [0.4, 0.5) is 0 Å². The zero-order valence-electron chi connectivity index (χ0n) is 14.2. The van der Waals surface area contributed by atoms with E-state index in [0.717, 1.165) is 38.2 Å². The van der Waals surface area contributed by atoms with Gasteiger partial charge in [-0.15, -0.1) is 0 Å². The minimum Gasteiger partial charge on any atom is -0.393 e. The highest BCUT2D eigenvalue weighted by molar-refractivity contribution is 4.92. The van der Waals surface area contributed by atoms with Gasteiger partial charge in [0.1, 0.15) is 5.82 Å². The summed E-state index contributed by atoms with van der Waals surface area (Å²) in [5, 5.41) is 10.3. The third-order valence-corrected chi connectivity index (χ3v) is 5.05. The van der Waals surface area contributed by atoms with Crippen LogP contribution in [0.15, 0.2) is 12.4 Å². The van der Waals surface area contributed by atoms with Gasteiger partial charge >= 0.3 is 0 Å². The van der Waals surface area contributed by atoms with Crippen molar-refractivity contribution in [2.45, 2.75) is 52.7 Å². The molecule has 1 heterocycles. The third kappa shape index (κ3) is 4.30. The Morgan fingerprint density at radius 2 is 2.10 bits per heavy atom. The number of nitrogens with zero attached hydrogens (tertiary/aromatic N) is 3. The fourth-order valence-electron chi connectivity index (χ4n) is 3.49. The first-order chi connectivity index (χ1) is 9.77. The van der Waals surface area contributed by atoms with E-state index in [2.05, 4.69) is 42.3 Å². The molecule has 1 aromatic rings. The first-order valence-electron chi connectivity index (χ1n) is 8.10. The lowest BCUT2D eigenvalue weighted by molar-refractivity contribution is 0.00526. The molecular weight excluding hydrogens is 262 g/mol. The Labute approximate surface area is 129 Å². The molecule has 0 aromatic carbocycles. The summed E-state index contributed by atoms with van der Waals surface area (Å²) in [5.41, 5.74) is 0.344. The van der Waals surface area contributed by atoms with Gasteiger partial charge in [0.15, 0.2) is 0 Å². The molecule has 1 aromatic heterocycles. The average Bonchev–Trinajstić information content (AvgIpc) is 2.76. The van der Waals surface area contributed by atoms with Crippen LogP contribution in [0.5, 0.6) is 0 Å². The Balaban J connectivity index is 1.92. The van der Waals surface area contributed by atoms with Crippen LogP contribution in [-0.4, -0.2) is 39.3 Å². The fourth-order valence-corrected chi connectivity index (χ4v) is 3.49. The van der Waals surface area contributed by atoms with Crippen LogP contribution < -0.4 is 0 Å². The molecule has 4 heteroatoms. The molecule has 1 fully saturated rings. The van der Waals surface area contributed by atoms with E-state index in [-0.39, 0.29) is 6.10 Å². The van der Waals surface area contributed by atoms with Crippen molar-refractivity contribution >= 4 is 0 Å². The van der Waals surface area contributed by atoms with E-state index in [0.29, 0.717) is 17.3 Å². The molecule has 1 saturated carbocycles. The number of imidazole rings is 1. The largest absolute Gasteiger partial charge is 0.393 e. The van der Waals surface area contributed by atoms with Crippen LogP contribution in [0.25, 0.3) is 0 Å². The Morgan fingerprint density at radius 3 is 2.67 bits per heavy atom. The Hall–Kier alpha value is -0.870. The van der Waals surface area contributed by atoms with E-state index in [4.69, 9.17) is 0 Å². The normalized spacial score (nSPS) is 27.3. The Morgan fingerprint density at radius 1 is 1.38 bits per heavy atom. The fraction of sp³-hybridized carbons (Fsp3) is 0.824. The second kappa shape index (κ2) is 6.49. The number of aliphatic hydroxyl groups is 1. The second-order valence-corrected chi connectivity index (χ2v) is 7.85. The van der Waals surface area contributed by atoms with Crippen molar-refractivity contribution in [2.75, 3.05) is 13.6 Å². The van der Waals surface area contributed by atoms with Crippen molar-refractivity contribution < 1.29 is 5.11 Å². The lowest BCUT2D eigenvalue weighted by Gasteiger charge is -2.41. The summed E-state index contributed by atoms with van der Waals surface area (Å²) in [7, 11) is 4.16. The lowest BCUT2D eigenvalue weighted by atomic mass is 9.68. The highest BCUT2D eigenvalue weighted by Crippen LogP contribution is 2.40. The van der Waals surface area contributed by atoms with Crippen LogP contribution >= 0.6 is 0 Å². The summed E-state index contributed by atoms with van der Waals surface area (Å²) in [4.78, 5) is 6.67. The molecule has 3 unspecified atom stereocenters. The highest BCUT2D eigenvalue weighted by Gasteiger charge is 2.35. The van der Waals surface area contributed by atoms with Crippen molar-refractivity contribution in [1.29, 1.82) is 0 Å². The molecular formula is C17H31N3O. The lowest BCUT2D eigenvalue weighted by Crippen LogP contribution is -2.40. The van der Waals surface area contributed by atoms with Crippen LogP contribution in [0.1, 0.15) is 45.9 Å². The van der Waals surface area contributed by atoms with E-state index in [1.165, 1.54) is 0 Å². The predicted molar refractivity (Wildman–Crippen MR) is 85.8 cm³/mol. The maximum atomic E-state index is 10.3. The van der Waals surface area contributed by atoms with Gasteiger partial charge in [-0.1, -0.05) is 20.8 Å². The minimum absolute atomic E-state index is 0.146. The van der Waals surface area contributed by atoms with Gasteiger partial charge < -0.3 is 9.67 Å². The van der Waals surface area contributed by atoms with Crippen LogP contribution in [0.3, 0.4) is 0 Å². The van der Waals surface area contributed by atoms with Gasteiger partial charge in [0, 0.05) is 26.0 Å². The number of rotatable bonds is 4. The molecule has 21 heavy (non-hydrogen) atoms. The quantitative estimate of drug-likeness (QED) is 0.928. The monoisotopic (exact) mass is 293 g/mol. The molecule has 0 bridgehead atoms. The minimum atomic E-state index is -0.146. The maximum absolute atomic E-state index is 10.3. The number of aryl methyl sites for hydroxylation is 1. The van der Waals surface area contributed by atoms with Crippen LogP contribution in [0.2, 0.25) is 0 Å². The Bertz CT molecular complexity index is 449. The number of aromatic nitrogens is 2. The van der Waals surface area contributed by atoms with Crippen molar-refractivity contribution in [3.8, 4) is 0 Å². The standard InChI is InChI=1S/C17H31N3O/c1-17(2,3)14-6-7-15(21)13(10-14)11-19(4)12-16-18-8-9-20(16)5/h8-9,13-15,21H,6-7,10-12H2,1-5H3. The van der Waals surface area contributed by atoms with Crippen LogP contribution in [-0.2, 0) is 13.6 Å². The van der Waals surface area contributed by atoms with Gasteiger partial charge in [-0.3, -0.25) is 4.90 Å². The molecule has 0 aliphatic heterocycles. The van der Waals surface area contributed by atoms with E-state index >= 15 is 0 Å². The van der Waals surface area contributed by atoms with Gasteiger partial charge in [-0.2, -0.15) is 0 Å². The summed E-state index contributed by atoms with van der Waals surface area (Å²) >= 11 is 0. The molecule has 0 radical (unpaired) electrons. The van der Waals surface area contributed by atoms with E-state index in [9.17, 15) is 5.11 Å². The molecule has 0 amide bonds. The van der Waals surface area contributed by atoms with Gasteiger partial charge in [0.05, 0.1) is 12.6 Å². The second-order valence-electron chi connectivity index (χ2n) is 7.85. The molecule has 120 valence electrons. The number of hydrogen-bond acceptors (Lipinski definition) is 3. The number of aliphatic hydroxyl groups excluding tert-OH is 1. The van der Waals surface area contributed by atoms with Crippen molar-refractivity contribution in [3.63, 3.8) is 0 Å². The summed E-state index contributed by atoms with van der Waals surface area (Å²) in [6.45, 7) is 8.76. The Kier molecular flexibility index (Phi) is 5.10. The van der Waals surface area contributed by atoms with E-state index in [1.807, 2.05) is 19.4 Å². The highest BCUT2D eigenvalue weighted by atomic mass is 16.3. The zero-order valence-corrected chi connectivity index (χ0v) is 14.2. The number of hydrogen-bond donors (Lipinski definition) is 1. The first-order valence-corrected chi connectivity index (χ1v) is 8.10. The molecule has 3 atom stereocenters. The molecule has 0 spiro atoms. The smallest absolute Gasteiger partial charge is 0.122 e. The third-order valence-electron chi connectivity index (χ3n) is 5.05. The topological polar surface area (TPSA) is 41.3 Å². The summed E-state index contributed by atoms with van der Waals surface area (Å²) in [5.74, 6) is 2.18. The van der Waals surface area contributed by atoms with Gasteiger partial charge in [-0.25, -0.2) is 4.98 Å². The summed E-state index contributed by atoms with van der Waals surface area (Å²) in [6.07, 6.45) is 6.91. The van der Waals surface area contributed by atoms with Crippen molar-refractivity contribution in [1.82, 2.24) is 14.5 Å². The van der Waals surface area contributed by atoms with Crippen molar-refractivity contribution in [3.05, 3.63) is 18.2 Å². The van der Waals surface area contributed by atoms with Gasteiger partial charge in [-0.05, 0) is 43.6 Å². The summed E-state index contributed by atoms with van der Waals surface area (Å²) in [6, 6.07) is 0. The first kappa shape index (κ1) is 16.5. The van der Waals surface area contributed by atoms with Crippen LogP contribution in [0, 0.1) is 17.3 Å². The molecule has 0 saturated heterocycles. The van der Waals surface area contributed by atoms with Crippen molar-refractivity contribution in [2.24, 2.45) is 24.3 Å². The molecule has 4 nitrogen and oxygen atoms in total. The van der Waals surface area contributed by atoms with Gasteiger partial charge in [0.25, 0.3) is 0 Å². The molecule has 1 aliphatic rings. The van der Waals surface area contributed by atoms with E-state index in [1.54, 1.807) is 0 Å². The zero-order chi connectivity index (χ0) is 15.6. The molecule has 1 aliphatic carbocycles. The van der Waals surface area contributed by atoms with E-state index < -0.39 is 0 Å². The average molecular weight is 293 g/mol. The molecule has 2 rings (SSSR count). The predicted octanol–water partition coefficient (Wildman–Crippen LogP) is 2.68.